The minimum absolute atomic E-state index is 0.128. The number of benzene rings is 2. The van der Waals surface area contributed by atoms with Crippen molar-refractivity contribution in [2.75, 3.05) is 7.11 Å². The number of methoxy groups -OCH3 is 1. The van der Waals surface area contributed by atoms with E-state index in [0.717, 1.165) is 27.1 Å². The first-order valence-corrected chi connectivity index (χ1v) is 8.79. The predicted molar refractivity (Wildman–Crippen MR) is 99.7 cm³/mol. The second-order valence-electron chi connectivity index (χ2n) is 5.85. The van der Waals surface area contributed by atoms with E-state index >= 15 is 0 Å². The van der Waals surface area contributed by atoms with Gasteiger partial charge in [-0.15, -0.1) is 0 Å². The molecule has 6 heteroatoms. The summed E-state index contributed by atoms with van der Waals surface area (Å²) in [4.78, 5) is 17.8. The van der Waals surface area contributed by atoms with Crippen molar-refractivity contribution >= 4 is 27.5 Å². The van der Waals surface area contributed by atoms with Crippen LogP contribution < -0.4 is 10.1 Å². The maximum atomic E-state index is 12.5. The quantitative estimate of drug-likeness (QED) is 0.826. The monoisotopic (exact) mass is 402 g/mol. The zero-order chi connectivity index (χ0) is 17.8. The van der Waals surface area contributed by atoms with Crippen LogP contribution in [-0.2, 0) is 9.63 Å². The lowest BCUT2D eigenvalue weighted by Gasteiger charge is -2.16. The average molecular weight is 403 g/mol. The highest BCUT2D eigenvalue weighted by Gasteiger charge is 2.29. The predicted octanol–water partition coefficient (Wildman–Crippen LogP) is 3.83. The van der Waals surface area contributed by atoms with Crippen LogP contribution in [0.25, 0.3) is 0 Å². The van der Waals surface area contributed by atoms with Crippen LogP contribution in [0.2, 0.25) is 0 Å². The molecule has 0 radical (unpaired) electrons. The van der Waals surface area contributed by atoms with Gasteiger partial charge in [0.25, 0.3) is 5.91 Å². The molecule has 0 saturated heterocycles. The van der Waals surface area contributed by atoms with Crippen molar-refractivity contribution in [3.63, 3.8) is 0 Å². The van der Waals surface area contributed by atoms with Gasteiger partial charge in [-0.25, -0.2) is 0 Å². The average Bonchev–Trinajstić information content (AvgIpc) is 3.12. The molecule has 2 atom stereocenters. The Bertz CT molecular complexity index is 790. The van der Waals surface area contributed by atoms with E-state index in [4.69, 9.17) is 9.57 Å². The van der Waals surface area contributed by atoms with Crippen molar-refractivity contribution in [1.82, 2.24) is 5.32 Å². The number of amides is 1. The number of oxime groups is 1. The molecule has 1 amide bonds. The molecule has 130 valence electrons. The second kappa shape index (κ2) is 7.70. The number of ether oxygens (including phenoxy) is 1. The van der Waals surface area contributed by atoms with Crippen LogP contribution >= 0.6 is 15.9 Å². The number of halogens is 1. The first-order chi connectivity index (χ1) is 12.1. The van der Waals surface area contributed by atoms with E-state index < -0.39 is 6.10 Å². The van der Waals surface area contributed by atoms with Crippen molar-refractivity contribution in [3.05, 3.63) is 64.1 Å². The summed E-state index contributed by atoms with van der Waals surface area (Å²) in [5, 5.41) is 7.04. The van der Waals surface area contributed by atoms with Gasteiger partial charge >= 0.3 is 0 Å². The van der Waals surface area contributed by atoms with Gasteiger partial charge in [-0.3, -0.25) is 4.79 Å². The third-order valence-corrected chi connectivity index (χ3v) is 4.59. The molecule has 0 fully saturated rings. The lowest BCUT2D eigenvalue weighted by atomic mass is 10.0. The third-order valence-electron chi connectivity index (χ3n) is 4.09. The van der Waals surface area contributed by atoms with E-state index in [1.807, 2.05) is 55.5 Å². The van der Waals surface area contributed by atoms with Crippen LogP contribution in [0.1, 0.15) is 30.5 Å². The molecule has 2 aromatic rings. The molecule has 1 aliphatic heterocycles. The van der Waals surface area contributed by atoms with Crippen molar-refractivity contribution in [1.29, 1.82) is 0 Å². The highest BCUT2D eigenvalue weighted by Crippen LogP contribution is 2.21. The van der Waals surface area contributed by atoms with Crippen LogP contribution in [-0.4, -0.2) is 24.8 Å². The standard InChI is InChI=1S/C19H19BrN2O3/c1-12(13-6-8-16(24-2)9-7-13)21-19(23)18-11-17(22-25-18)14-4-3-5-15(20)10-14/h3-10,12,18H,11H2,1-2H3,(H,21,23)/t12-,18+/m0/s1. The SMILES string of the molecule is COc1ccc([C@H](C)NC(=O)[C@H]2CC(c3cccc(Br)c3)=NO2)cc1. The summed E-state index contributed by atoms with van der Waals surface area (Å²) in [5.41, 5.74) is 2.73. The fraction of sp³-hybridized carbons (Fsp3) is 0.263. The van der Waals surface area contributed by atoms with Crippen LogP contribution in [0.15, 0.2) is 58.2 Å². The van der Waals surface area contributed by atoms with E-state index in [1.165, 1.54) is 0 Å². The van der Waals surface area contributed by atoms with E-state index in [1.54, 1.807) is 7.11 Å². The maximum absolute atomic E-state index is 12.5. The Labute approximate surface area is 155 Å². The molecule has 0 bridgehead atoms. The van der Waals surface area contributed by atoms with E-state index in [0.29, 0.717) is 6.42 Å². The van der Waals surface area contributed by atoms with Crippen LogP contribution in [0.3, 0.4) is 0 Å². The zero-order valence-electron chi connectivity index (χ0n) is 14.0. The van der Waals surface area contributed by atoms with E-state index in [9.17, 15) is 4.79 Å². The summed E-state index contributed by atoms with van der Waals surface area (Å²) in [6, 6.07) is 15.3. The minimum Gasteiger partial charge on any atom is -0.497 e. The fourth-order valence-corrected chi connectivity index (χ4v) is 3.04. The van der Waals surface area contributed by atoms with E-state index in [2.05, 4.69) is 26.4 Å². The van der Waals surface area contributed by atoms with Gasteiger partial charge < -0.3 is 14.9 Å². The number of hydrogen-bond donors (Lipinski definition) is 1. The van der Waals surface area contributed by atoms with Gasteiger partial charge in [-0.1, -0.05) is 45.4 Å². The molecule has 1 aliphatic rings. The van der Waals surface area contributed by atoms with Crippen molar-refractivity contribution < 1.29 is 14.4 Å². The molecule has 3 rings (SSSR count). The smallest absolute Gasteiger partial charge is 0.264 e. The Morgan fingerprint density at radius 2 is 2.08 bits per heavy atom. The van der Waals surface area contributed by atoms with Gasteiger partial charge in [0.15, 0.2) is 0 Å². The highest BCUT2D eigenvalue weighted by atomic mass is 79.9. The lowest BCUT2D eigenvalue weighted by molar-refractivity contribution is -0.131. The van der Waals surface area contributed by atoms with Gasteiger partial charge in [-0.2, -0.15) is 0 Å². The summed E-state index contributed by atoms with van der Waals surface area (Å²) in [5.74, 6) is 0.616. The molecule has 0 aliphatic carbocycles. The number of nitrogens with zero attached hydrogens (tertiary/aromatic N) is 1. The number of carbonyl (C=O) groups excluding carboxylic acids is 1. The Morgan fingerprint density at radius 1 is 1.32 bits per heavy atom. The Kier molecular flexibility index (Phi) is 5.38. The van der Waals surface area contributed by atoms with Crippen molar-refractivity contribution in [2.45, 2.75) is 25.5 Å². The second-order valence-corrected chi connectivity index (χ2v) is 6.77. The molecular weight excluding hydrogens is 384 g/mol. The summed E-state index contributed by atoms with van der Waals surface area (Å²) in [6.45, 7) is 1.94. The largest absolute Gasteiger partial charge is 0.497 e. The fourth-order valence-electron chi connectivity index (χ4n) is 2.64. The normalized spacial score (nSPS) is 17.4. The summed E-state index contributed by atoms with van der Waals surface area (Å²) in [6.07, 6.45) is -0.146. The number of nitrogens with one attached hydrogen (secondary N) is 1. The van der Waals surface area contributed by atoms with Gasteiger partial charge in [0, 0.05) is 16.5 Å². The molecule has 25 heavy (non-hydrogen) atoms. The van der Waals surface area contributed by atoms with Gasteiger partial charge in [-0.05, 0) is 36.8 Å². The maximum Gasteiger partial charge on any atom is 0.264 e. The molecule has 0 aromatic heterocycles. The molecule has 1 N–H and O–H groups in total. The minimum atomic E-state index is -0.602. The van der Waals surface area contributed by atoms with Crippen molar-refractivity contribution in [2.24, 2.45) is 5.16 Å². The number of carbonyl (C=O) groups is 1. The molecule has 0 saturated carbocycles. The van der Waals surface area contributed by atoms with Crippen molar-refractivity contribution in [3.8, 4) is 5.75 Å². The van der Waals surface area contributed by atoms with Crippen LogP contribution in [0, 0.1) is 0 Å². The molecule has 1 heterocycles. The number of hydrogen-bond acceptors (Lipinski definition) is 4. The Balaban J connectivity index is 1.59. The van der Waals surface area contributed by atoms with Gasteiger partial charge in [0.05, 0.1) is 18.9 Å². The highest BCUT2D eigenvalue weighted by molar-refractivity contribution is 9.10. The first kappa shape index (κ1) is 17.5. The van der Waals surface area contributed by atoms with Gasteiger partial charge in [0.2, 0.25) is 6.10 Å². The third kappa shape index (κ3) is 4.20. The molecule has 0 unspecified atom stereocenters. The van der Waals surface area contributed by atoms with Crippen LogP contribution in [0.5, 0.6) is 5.75 Å². The Hall–Kier alpha value is -2.34. The topological polar surface area (TPSA) is 59.9 Å². The lowest BCUT2D eigenvalue weighted by Crippen LogP contribution is -2.36. The van der Waals surface area contributed by atoms with Gasteiger partial charge in [0.1, 0.15) is 5.75 Å². The molecular formula is C19H19BrN2O3. The Morgan fingerprint density at radius 3 is 2.76 bits per heavy atom. The summed E-state index contributed by atoms with van der Waals surface area (Å²) >= 11 is 3.44. The van der Waals surface area contributed by atoms with E-state index in [-0.39, 0.29) is 11.9 Å². The number of rotatable bonds is 5. The van der Waals surface area contributed by atoms with Crippen LogP contribution in [0.4, 0.5) is 0 Å². The molecule has 0 spiro atoms. The zero-order valence-corrected chi connectivity index (χ0v) is 15.6. The molecule has 2 aromatic carbocycles. The first-order valence-electron chi connectivity index (χ1n) is 8.00. The summed E-state index contributed by atoms with van der Waals surface area (Å²) < 4.78 is 6.11. The molecule has 5 nitrogen and oxygen atoms in total. The summed E-state index contributed by atoms with van der Waals surface area (Å²) in [7, 11) is 1.63.